The third kappa shape index (κ3) is 2.68. The number of nitrogen functional groups attached to an aromatic ring is 1. The highest BCUT2D eigenvalue weighted by Crippen LogP contribution is 2.32. The Kier molecular flexibility index (Phi) is 5.29. The maximum Gasteiger partial charge on any atom is 0.0837 e. The van der Waals surface area contributed by atoms with Crippen LogP contribution in [0.1, 0.15) is 0 Å². The van der Waals surface area contributed by atoms with Crippen LogP contribution in [0.5, 0.6) is 0 Å². The van der Waals surface area contributed by atoms with E-state index in [1.807, 2.05) is 0 Å². The second-order valence-corrected chi connectivity index (χ2v) is 3.59. The maximum absolute atomic E-state index is 5.77. The number of nitrogens with two attached hydrogens (primary N) is 1. The highest BCUT2D eigenvalue weighted by atomic mass is 79.9. The fraction of sp³-hybridized carbons (Fsp3) is 0. The molecular formula is C6H6BrCl3N2. The Bertz CT molecular complexity index is 280. The SMILES string of the molecule is Cl.NNc1cc(Br)cc(Cl)c1Cl. The third-order valence-electron chi connectivity index (χ3n) is 1.15. The lowest BCUT2D eigenvalue weighted by Gasteiger charge is -2.04. The first kappa shape index (κ1) is 12.3. The molecule has 0 fully saturated rings. The van der Waals surface area contributed by atoms with Gasteiger partial charge in [0.05, 0.1) is 15.7 Å². The summed E-state index contributed by atoms with van der Waals surface area (Å²) in [5, 5.41) is 0.895. The standard InChI is InChI=1S/C6H5BrCl2N2.ClH/c7-3-1-4(8)6(9)5(2-3)11-10;/h1-2,11H,10H2;1H. The Morgan fingerprint density at radius 2 is 1.92 bits per heavy atom. The molecule has 1 aromatic rings. The van der Waals surface area contributed by atoms with Crippen LogP contribution in [0.3, 0.4) is 0 Å². The van der Waals surface area contributed by atoms with Crippen molar-refractivity contribution in [1.82, 2.24) is 0 Å². The van der Waals surface area contributed by atoms with Crippen LogP contribution in [-0.2, 0) is 0 Å². The van der Waals surface area contributed by atoms with Crippen LogP contribution in [0, 0.1) is 0 Å². The molecule has 0 amide bonds. The quantitative estimate of drug-likeness (QED) is 0.472. The molecule has 2 nitrogen and oxygen atoms in total. The lowest BCUT2D eigenvalue weighted by atomic mass is 10.3. The fourth-order valence-corrected chi connectivity index (χ4v) is 1.63. The highest BCUT2D eigenvalue weighted by molar-refractivity contribution is 9.10. The molecule has 0 spiro atoms. The van der Waals surface area contributed by atoms with Crippen LogP contribution < -0.4 is 11.3 Å². The second kappa shape index (κ2) is 5.14. The van der Waals surface area contributed by atoms with E-state index in [2.05, 4.69) is 21.4 Å². The van der Waals surface area contributed by atoms with Crippen LogP contribution in [0.2, 0.25) is 10.0 Å². The van der Waals surface area contributed by atoms with Crippen LogP contribution in [0.4, 0.5) is 5.69 Å². The Balaban J connectivity index is 0.00000121. The van der Waals surface area contributed by atoms with Crippen LogP contribution >= 0.6 is 51.5 Å². The van der Waals surface area contributed by atoms with Gasteiger partial charge in [-0.1, -0.05) is 39.1 Å². The van der Waals surface area contributed by atoms with Crippen LogP contribution in [0.25, 0.3) is 0 Å². The average molecular weight is 292 g/mol. The Labute approximate surface area is 94.9 Å². The van der Waals surface area contributed by atoms with Crippen molar-refractivity contribution in [3.63, 3.8) is 0 Å². The summed E-state index contributed by atoms with van der Waals surface area (Å²) in [6.07, 6.45) is 0. The number of rotatable bonds is 1. The summed E-state index contributed by atoms with van der Waals surface area (Å²) in [7, 11) is 0. The largest absolute Gasteiger partial charge is 0.323 e. The van der Waals surface area contributed by atoms with Crippen molar-refractivity contribution < 1.29 is 0 Å². The van der Waals surface area contributed by atoms with Gasteiger partial charge in [0, 0.05) is 4.47 Å². The van der Waals surface area contributed by atoms with Crippen molar-refractivity contribution in [2.45, 2.75) is 0 Å². The molecule has 1 rings (SSSR count). The molecule has 0 saturated carbocycles. The van der Waals surface area contributed by atoms with E-state index in [1.165, 1.54) is 0 Å². The van der Waals surface area contributed by atoms with E-state index in [0.717, 1.165) is 4.47 Å². The zero-order valence-corrected chi connectivity index (χ0v) is 9.69. The van der Waals surface area contributed by atoms with Gasteiger partial charge in [-0.05, 0) is 12.1 Å². The van der Waals surface area contributed by atoms with Gasteiger partial charge >= 0.3 is 0 Å². The third-order valence-corrected chi connectivity index (χ3v) is 2.41. The number of anilines is 1. The van der Waals surface area contributed by atoms with Crippen LogP contribution in [-0.4, -0.2) is 0 Å². The van der Waals surface area contributed by atoms with E-state index in [1.54, 1.807) is 12.1 Å². The first-order valence-corrected chi connectivity index (χ1v) is 4.31. The van der Waals surface area contributed by atoms with E-state index in [0.29, 0.717) is 15.7 Å². The summed E-state index contributed by atoms with van der Waals surface area (Å²) in [6.45, 7) is 0. The van der Waals surface area contributed by atoms with Gasteiger partial charge in [-0.15, -0.1) is 12.4 Å². The molecule has 0 atom stereocenters. The van der Waals surface area contributed by atoms with Crippen molar-refractivity contribution >= 4 is 57.2 Å². The Morgan fingerprint density at radius 3 is 2.42 bits per heavy atom. The van der Waals surface area contributed by atoms with Gasteiger partial charge < -0.3 is 5.43 Å². The van der Waals surface area contributed by atoms with Gasteiger partial charge in [0.2, 0.25) is 0 Å². The van der Waals surface area contributed by atoms with Gasteiger partial charge in [0.25, 0.3) is 0 Å². The molecule has 6 heteroatoms. The van der Waals surface area contributed by atoms with Gasteiger partial charge in [-0.25, -0.2) is 0 Å². The number of nitrogens with one attached hydrogen (secondary N) is 1. The van der Waals surface area contributed by atoms with Crippen molar-refractivity contribution in [2.24, 2.45) is 5.84 Å². The van der Waals surface area contributed by atoms with Crippen LogP contribution in [0.15, 0.2) is 16.6 Å². The summed E-state index contributed by atoms with van der Waals surface area (Å²) < 4.78 is 0.833. The molecule has 1 aromatic carbocycles. The minimum Gasteiger partial charge on any atom is -0.323 e. The first-order valence-electron chi connectivity index (χ1n) is 2.76. The van der Waals surface area contributed by atoms with E-state index in [4.69, 9.17) is 29.0 Å². The molecule has 0 aromatic heterocycles. The second-order valence-electron chi connectivity index (χ2n) is 1.89. The molecule has 0 aliphatic rings. The molecular weight excluding hydrogens is 286 g/mol. The van der Waals surface area contributed by atoms with E-state index < -0.39 is 0 Å². The smallest absolute Gasteiger partial charge is 0.0837 e. The summed E-state index contributed by atoms with van der Waals surface area (Å²) >= 11 is 14.8. The van der Waals surface area contributed by atoms with Gasteiger partial charge in [0.1, 0.15) is 0 Å². The molecule has 3 N–H and O–H groups in total. The van der Waals surface area contributed by atoms with Crippen molar-refractivity contribution in [2.75, 3.05) is 5.43 Å². The molecule has 0 unspecified atom stereocenters. The summed E-state index contributed by atoms with van der Waals surface area (Å²) in [5.41, 5.74) is 3.03. The monoisotopic (exact) mass is 290 g/mol. The normalized spacial score (nSPS) is 9.00. The molecule has 0 bridgehead atoms. The molecule has 0 saturated heterocycles. The Morgan fingerprint density at radius 1 is 1.33 bits per heavy atom. The summed E-state index contributed by atoms with van der Waals surface area (Å²) in [5.74, 6) is 5.17. The summed E-state index contributed by atoms with van der Waals surface area (Å²) in [6, 6.07) is 3.44. The summed E-state index contributed by atoms with van der Waals surface area (Å²) in [4.78, 5) is 0. The number of hydrazine groups is 1. The van der Waals surface area contributed by atoms with E-state index >= 15 is 0 Å². The van der Waals surface area contributed by atoms with Crippen molar-refractivity contribution in [1.29, 1.82) is 0 Å². The van der Waals surface area contributed by atoms with E-state index in [9.17, 15) is 0 Å². The lowest BCUT2D eigenvalue weighted by Crippen LogP contribution is -2.07. The minimum atomic E-state index is 0. The lowest BCUT2D eigenvalue weighted by molar-refractivity contribution is 1.35. The van der Waals surface area contributed by atoms with Gasteiger partial charge in [-0.2, -0.15) is 0 Å². The topological polar surface area (TPSA) is 38.0 Å². The zero-order valence-electron chi connectivity index (χ0n) is 5.77. The number of hydrogen-bond acceptors (Lipinski definition) is 2. The average Bonchev–Trinajstić information content (AvgIpc) is 1.96. The van der Waals surface area contributed by atoms with Crippen molar-refractivity contribution in [3.05, 3.63) is 26.7 Å². The Hall–Kier alpha value is 0.330. The predicted octanol–water partition coefficient (Wildman–Crippen LogP) is 3.46. The molecule has 0 aliphatic carbocycles. The predicted molar refractivity (Wildman–Crippen MR) is 59.2 cm³/mol. The molecule has 0 radical (unpaired) electrons. The fourth-order valence-electron chi connectivity index (χ4n) is 0.661. The number of halogens is 4. The van der Waals surface area contributed by atoms with E-state index in [-0.39, 0.29) is 12.4 Å². The minimum absolute atomic E-state index is 0. The number of hydrogen-bond donors (Lipinski definition) is 2. The number of benzene rings is 1. The zero-order chi connectivity index (χ0) is 8.43. The van der Waals surface area contributed by atoms with Crippen molar-refractivity contribution in [3.8, 4) is 0 Å². The first-order chi connectivity index (χ1) is 5.15. The molecule has 12 heavy (non-hydrogen) atoms. The van der Waals surface area contributed by atoms with Gasteiger partial charge in [-0.3, -0.25) is 5.84 Å². The highest BCUT2D eigenvalue weighted by Gasteiger charge is 2.04. The van der Waals surface area contributed by atoms with Gasteiger partial charge in [0.15, 0.2) is 0 Å². The maximum atomic E-state index is 5.77. The molecule has 68 valence electrons. The molecule has 0 aliphatic heterocycles. The molecule has 0 heterocycles.